The first-order valence-corrected chi connectivity index (χ1v) is 10.3. The molecular weight excluding hydrogens is 342 g/mol. The first-order valence-electron chi connectivity index (χ1n) is 10.3. The van der Waals surface area contributed by atoms with E-state index in [9.17, 15) is 9.59 Å². The molecule has 4 rings (SSSR count). The fourth-order valence-electron chi connectivity index (χ4n) is 4.49. The predicted molar refractivity (Wildman–Crippen MR) is 104 cm³/mol. The zero-order valence-corrected chi connectivity index (χ0v) is 15.9. The minimum atomic E-state index is 0.0554. The van der Waals surface area contributed by atoms with E-state index in [1.807, 2.05) is 29.2 Å². The molecule has 0 bridgehead atoms. The highest BCUT2D eigenvalue weighted by Crippen LogP contribution is 2.25. The van der Waals surface area contributed by atoms with Gasteiger partial charge in [0.25, 0.3) is 5.91 Å². The SMILES string of the molecule is O=C(COc1ccc(N2CCCC2=O)cc1)N1CCN(C2CCCC2)CC1. The molecule has 0 atom stereocenters. The first kappa shape index (κ1) is 18.3. The van der Waals surface area contributed by atoms with Gasteiger partial charge in [-0.2, -0.15) is 0 Å². The smallest absolute Gasteiger partial charge is 0.260 e. The number of carbonyl (C=O) groups excluding carboxylic acids is 2. The highest BCUT2D eigenvalue weighted by atomic mass is 16.5. The van der Waals surface area contributed by atoms with Crippen LogP contribution in [-0.2, 0) is 9.59 Å². The molecule has 0 unspecified atom stereocenters. The maximum atomic E-state index is 12.4. The van der Waals surface area contributed by atoms with Crippen LogP contribution in [0.2, 0.25) is 0 Å². The molecule has 3 fully saturated rings. The van der Waals surface area contributed by atoms with Crippen molar-refractivity contribution in [1.82, 2.24) is 9.80 Å². The molecule has 2 heterocycles. The standard InChI is InChI=1S/C21H29N3O3/c25-20-6-3-11-24(20)18-7-9-19(10-8-18)27-16-21(26)23-14-12-22(13-15-23)17-4-1-2-5-17/h7-10,17H,1-6,11-16H2. The molecule has 0 spiro atoms. The van der Waals surface area contributed by atoms with Gasteiger partial charge >= 0.3 is 0 Å². The molecule has 1 aliphatic carbocycles. The molecule has 0 aromatic heterocycles. The van der Waals surface area contributed by atoms with Crippen molar-refractivity contribution >= 4 is 17.5 Å². The molecule has 27 heavy (non-hydrogen) atoms. The van der Waals surface area contributed by atoms with E-state index in [-0.39, 0.29) is 18.4 Å². The van der Waals surface area contributed by atoms with E-state index < -0.39 is 0 Å². The van der Waals surface area contributed by atoms with Crippen LogP contribution in [0.4, 0.5) is 5.69 Å². The number of hydrogen-bond donors (Lipinski definition) is 0. The number of benzene rings is 1. The number of rotatable bonds is 5. The Morgan fingerprint density at radius 2 is 1.67 bits per heavy atom. The van der Waals surface area contributed by atoms with Crippen molar-refractivity contribution < 1.29 is 14.3 Å². The van der Waals surface area contributed by atoms with Gasteiger partial charge in [-0.15, -0.1) is 0 Å². The second-order valence-electron chi connectivity index (χ2n) is 7.79. The van der Waals surface area contributed by atoms with Gasteiger partial charge in [-0.3, -0.25) is 14.5 Å². The van der Waals surface area contributed by atoms with Gasteiger partial charge in [0.2, 0.25) is 5.91 Å². The van der Waals surface area contributed by atoms with Crippen LogP contribution in [0.3, 0.4) is 0 Å². The molecule has 6 nitrogen and oxygen atoms in total. The number of anilines is 1. The number of ether oxygens (including phenoxy) is 1. The number of carbonyl (C=O) groups is 2. The molecule has 146 valence electrons. The number of piperazine rings is 1. The third kappa shape index (κ3) is 4.26. The molecule has 1 aromatic rings. The predicted octanol–water partition coefficient (Wildman–Crippen LogP) is 2.28. The number of nitrogens with zero attached hydrogens (tertiary/aromatic N) is 3. The van der Waals surface area contributed by atoms with Crippen LogP contribution in [0.1, 0.15) is 38.5 Å². The van der Waals surface area contributed by atoms with E-state index in [1.54, 1.807) is 4.90 Å². The molecular formula is C21H29N3O3. The Bertz CT molecular complexity index is 662. The second kappa shape index (κ2) is 8.30. The molecule has 0 radical (unpaired) electrons. The zero-order valence-electron chi connectivity index (χ0n) is 15.9. The van der Waals surface area contributed by atoms with E-state index >= 15 is 0 Å². The average molecular weight is 371 g/mol. The summed E-state index contributed by atoms with van der Waals surface area (Å²) in [6.07, 6.45) is 6.87. The Balaban J connectivity index is 1.23. The zero-order chi connectivity index (χ0) is 18.6. The van der Waals surface area contributed by atoms with Crippen LogP contribution >= 0.6 is 0 Å². The third-order valence-corrected chi connectivity index (χ3v) is 6.09. The Hall–Kier alpha value is -2.08. The van der Waals surface area contributed by atoms with Crippen LogP contribution in [-0.4, -0.2) is 67.0 Å². The van der Waals surface area contributed by atoms with Crippen molar-refractivity contribution in [2.45, 2.75) is 44.6 Å². The van der Waals surface area contributed by atoms with E-state index in [2.05, 4.69) is 4.90 Å². The van der Waals surface area contributed by atoms with Crippen molar-refractivity contribution in [3.05, 3.63) is 24.3 Å². The molecule has 6 heteroatoms. The summed E-state index contributed by atoms with van der Waals surface area (Å²) in [5.41, 5.74) is 0.902. The Morgan fingerprint density at radius 3 is 2.30 bits per heavy atom. The van der Waals surface area contributed by atoms with Gasteiger partial charge in [0.1, 0.15) is 5.75 Å². The van der Waals surface area contributed by atoms with Crippen molar-refractivity contribution in [3.63, 3.8) is 0 Å². The molecule has 2 amide bonds. The molecule has 0 N–H and O–H groups in total. The lowest BCUT2D eigenvalue weighted by molar-refractivity contribution is -0.135. The maximum absolute atomic E-state index is 12.4. The second-order valence-corrected chi connectivity index (χ2v) is 7.79. The Morgan fingerprint density at radius 1 is 0.963 bits per heavy atom. The van der Waals surface area contributed by atoms with Crippen LogP contribution in [0.5, 0.6) is 5.75 Å². The first-order chi connectivity index (χ1) is 13.2. The van der Waals surface area contributed by atoms with E-state index in [0.29, 0.717) is 12.2 Å². The van der Waals surface area contributed by atoms with Crippen molar-refractivity contribution in [1.29, 1.82) is 0 Å². The lowest BCUT2D eigenvalue weighted by atomic mass is 10.2. The molecule has 2 saturated heterocycles. The number of amides is 2. The van der Waals surface area contributed by atoms with Gasteiger partial charge in [-0.25, -0.2) is 0 Å². The summed E-state index contributed by atoms with van der Waals surface area (Å²) in [5, 5.41) is 0. The van der Waals surface area contributed by atoms with E-state index in [1.165, 1.54) is 25.7 Å². The summed E-state index contributed by atoms with van der Waals surface area (Å²) in [7, 11) is 0. The average Bonchev–Trinajstić information content (AvgIpc) is 3.39. The molecule has 2 aliphatic heterocycles. The van der Waals surface area contributed by atoms with Crippen molar-refractivity contribution in [2.24, 2.45) is 0 Å². The summed E-state index contributed by atoms with van der Waals surface area (Å²) in [6, 6.07) is 8.20. The summed E-state index contributed by atoms with van der Waals surface area (Å²) < 4.78 is 5.68. The van der Waals surface area contributed by atoms with Crippen LogP contribution in [0, 0.1) is 0 Å². The molecule has 3 aliphatic rings. The van der Waals surface area contributed by atoms with Gasteiger partial charge in [0, 0.05) is 50.9 Å². The Kier molecular flexibility index (Phi) is 5.62. The van der Waals surface area contributed by atoms with Crippen LogP contribution < -0.4 is 9.64 Å². The van der Waals surface area contributed by atoms with Gasteiger partial charge < -0.3 is 14.5 Å². The third-order valence-electron chi connectivity index (χ3n) is 6.09. The normalized spacial score (nSPS) is 21.9. The Labute approximate surface area is 161 Å². The lowest BCUT2D eigenvalue weighted by Crippen LogP contribution is -2.52. The maximum Gasteiger partial charge on any atom is 0.260 e. The van der Waals surface area contributed by atoms with Gasteiger partial charge in [-0.1, -0.05) is 12.8 Å². The quantitative estimate of drug-likeness (QED) is 0.797. The summed E-state index contributed by atoms with van der Waals surface area (Å²) in [4.78, 5) is 30.5. The highest BCUT2D eigenvalue weighted by Gasteiger charge is 2.28. The lowest BCUT2D eigenvalue weighted by Gasteiger charge is -2.38. The van der Waals surface area contributed by atoms with E-state index in [0.717, 1.165) is 50.9 Å². The summed E-state index contributed by atoms with van der Waals surface area (Å²) >= 11 is 0. The molecule has 1 saturated carbocycles. The largest absolute Gasteiger partial charge is 0.484 e. The number of hydrogen-bond acceptors (Lipinski definition) is 4. The van der Waals surface area contributed by atoms with Gasteiger partial charge in [-0.05, 0) is 43.5 Å². The van der Waals surface area contributed by atoms with Gasteiger partial charge in [0.05, 0.1) is 0 Å². The van der Waals surface area contributed by atoms with E-state index in [4.69, 9.17) is 4.74 Å². The van der Waals surface area contributed by atoms with Gasteiger partial charge in [0.15, 0.2) is 6.61 Å². The van der Waals surface area contributed by atoms with Crippen molar-refractivity contribution in [2.75, 3.05) is 44.2 Å². The fourth-order valence-corrected chi connectivity index (χ4v) is 4.49. The fraction of sp³-hybridized carbons (Fsp3) is 0.619. The highest BCUT2D eigenvalue weighted by molar-refractivity contribution is 5.95. The molecule has 1 aromatic carbocycles. The minimum absolute atomic E-state index is 0.0554. The van der Waals surface area contributed by atoms with Crippen LogP contribution in [0.15, 0.2) is 24.3 Å². The van der Waals surface area contributed by atoms with Crippen molar-refractivity contribution in [3.8, 4) is 5.75 Å². The summed E-state index contributed by atoms with van der Waals surface area (Å²) in [5.74, 6) is 0.902. The monoisotopic (exact) mass is 371 g/mol. The summed E-state index contributed by atoms with van der Waals surface area (Å²) in [6.45, 7) is 4.42. The van der Waals surface area contributed by atoms with Crippen LogP contribution in [0.25, 0.3) is 0 Å². The minimum Gasteiger partial charge on any atom is -0.484 e. The topological polar surface area (TPSA) is 53.1 Å².